The van der Waals surface area contributed by atoms with Crippen LogP contribution in [-0.4, -0.2) is 44.3 Å². The molecule has 0 bridgehead atoms. The summed E-state index contributed by atoms with van der Waals surface area (Å²) in [4.78, 5) is 30.6. The summed E-state index contributed by atoms with van der Waals surface area (Å²) in [6, 6.07) is 10.5. The van der Waals surface area contributed by atoms with Crippen molar-refractivity contribution in [1.82, 2.24) is 9.71 Å². The van der Waals surface area contributed by atoms with Crippen molar-refractivity contribution in [2.75, 3.05) is 28.6 Å². The summed E-state index contributed by atoms with van der Waals surface area (Å²) in [5.74, 6) is -0.741. The molecule has 35 heavy (non-hydrogen) atoms. The van der Waals surface area contributed by atoms with Crippen molar-refractivity contribution in [3.63, 3.8) is 0 Å². The lowest BCUT2D eigenvalue weighted by molar-refractivity contribution is -0.117. The molecule has 2 aromatic carbocycles. The summed E-state index contributed by atoms with van der Waals surface area (Å²) in [7, 11) is -3.95. The van der Waals surface area contributed by atoms with Crippen LogP contribution < -0.4 is 20.3 Å². The quantitative estimate of drug-likeness (QED) is 0.462. The zero-order valence-corrected chi connectivity index (χ0v) is 20.6. The summed E-state index contributed by atoms with van der Waals surface area (Å²) in [5, 5.41) is 7.22. The van der Waals surface area contributed by atoms with E-state index in [4.69, 9.17) is 0 Å². The number of rotatable bonds is 7. The van der Waals surface area contributed by atoms with Gasteiger partial charge in [-0.3, -0.25) is 14.6 Å². The number of aromatic nitrogens is 1. The number of amides is 2. The van der Waals surface area contributed by atoms with Gasteiger partial charge in [-0.05, 0) is 68.7 Å². The second-order valence-electron chi connectivity index (χ2n) is 8.64. The van der Waals surface area contributed by atoms with E-state index in [9.17, 15) is 18.0 Å². The Balaban J connectivity index is 1.49. The molecule has 1 atom stereocenters. The van der Waals surface area contributed by atoms with Crippen LogP contribution in [0.4, 0.5) is 17.1 Å². The summed E-state index contributed by atoms with van der Waals surface area (Å²) in [5.41, 5.74) is 2.16. The molecule has 10 heteroatoms. The third-order valence-electron chi connectivity index (χ3n) is 5.96. The van der Waals surface area contributed by atoms with Crippen molar-refractivity contribution in [2.45, 2.75) is 44.0 Å². The molecule has 0 radical (unpaired) electrons. The molecule has 1 aliphatic heterocycles. The molecule has 9 nitrogen and oxygen atoms in total. The second kappa shape index (κ2) is 10.4. The van der Waals surface area contributed by atoms with Gasteiger partial charge < -0.3 is 15.5 Å². The first-order valence-electron chi connectivity index (χ1n) is 11.6. The van der Waals surface area contributed by atoms with Gasteiger partial charge in [0.15, 0.2) is 0 Å². The molecule has 1 aromatic heterocycles. The Bertz CT molecular complexity index is 1340. The first-order chi connectivity index (χ1) is 16.7. The zero-order chi connectivity index (χ0) is 25.0. The molecule has 0 spiro atoms. The van der Waals surface area contributed by atoms with Gasteiger partial charge in [0.05, 0.1) is 16.6 Å². The molecule has 1 saturated heterocycles. The van der Waals surface area contributed by atoms with Gasteiger partial charge in [-0.25, -0.2) is 8.42 Å². The number of nitrogens with one attached hydrogen (secondary N) is 3. The smallest absolute Gasteiger partial charge is 0.242 e. The molecule has 184 valence electrons. The van der Waals surface area contributed by atoms with E-state index in [1.165, 1.54) is 44.5 Å². The molecule has 2 amide bonds. The number of carbonyl (C=O) groups is 2. The minimum absolute atomic E-state index is 0.00761. The van der Waals surface area contributed by atoms with E-state index in [1.54, 1.807) is 12.4 Å². The number of piperidine rings is 1. The maximum atomic E-state index is 12.9. The van der Waals surface area contributed by atoms with E-state index < -0.39 is 22.0 Å². The van der Waals surface area contributed by atoms with E-state index >= 15 is 0 Å². The lowest BCUT2D eigenvalue weighted by atomic mass is 10.0. The SMILES string of the molecule is CC(=O)Nc1ccc(S(=O)(=O)N[C@@H](C)C(=O)Nc2ccc(N3CCCCC3)c3ccncc23)cc1. The van der Waals surface area contributed by atoms with Crippen LogP contribution in [0.25, 0.3) is 10.8 Å². The van der Waals surface area contributed by atoms with E-state index in [2.05, 4.69) is 25.2 Å². The van der Waals surface area contributed by atoms with Gasteiger partial charge in [0.25, 0.3) is 0 Å². The third-order valence-corrected chi connectivity index (χ3v) is 7.52. The van der Waals surface area contributed by atoms with Gasteiger partial charge in [0.2, 0.25) is 21.8 Å². The lowest BCUT2D eigenvalue weighted by Crippen LogP contribution is -2.41. The van der Waals surface area contributed by atoms with E-state index in [-0.39, 0.29) is 10.8 Å². The predicted molar refractivity (Wildman–Crippen MR) is 137 cm³/mol. The number of hydrogen-bond donors (Lipinski definition) is 3. The Hall–Kier alpha value is -3.50. The molecule has 3 aromatic rings. The number of sulfonamides is 1. The summed E-state index contributed by atoms with van der Waals surface area (Å²) >= 11 is 0. The number of benzene rings is 2. The van der Waals surface area contributed by atoms with E-state index in [0.717, 1.165) is 42.4 Å². The molecule has 1 fully saturated rings. The van der Waals surface area contributed by atoms with Gasteiger partial charge >= 0.3 is 0 Å². The van der Waals surface area contributed by atoms with Crippen LogP contribution in [0, 0.1) is 0 Å². The lowest BCUT2D eigenvalue weighted by Gasteiger charge is -2.30. The summed E-state index contributed by atoms with van der Waals surface area (Å²) < 4.78 is 28.0. The molecule has 0 saturated carbocycles. The molecule has 4 rings (SSSR count). The van der Waals surface area contributed by atoms with Crippen LogP contribution in [0.5, 0.6) is 0 Å². The molecule has 0 aliphatic carbocycles. The van der Waals surface area contributed by atoms with Crippen molar-refractivity contribution >= 4 is 49.7 Å². The fourth-order valence-corrected chi connectivity index (χ4v) is 5.41. The van der Waals surface area contributed by atoms with Gasteiger partial charge in [-0.1, -0.05) is 0 Å². The normalized spacial score (nSPS) is 15.0. The Morgan fingerprint density at radius 1 is 0.943 bits per heavy atom. The monoisotopic (exact) mass is 495 g/mol. The topological polar surface area (TPSA) is 120 Å². The Morgan fingerprint density at radius 3 is 2.34 bits per heavy atom. The van der Waals surface area contributed by atoms with Crippen molar-refractivity contribution in [1.29, 1.82) is 0 Å². The number of fused-ring (bicyclic) bond motifs is 1. The molecule has 2 heterocycles. The van der Waals surface area contributed by atoms with Gasteiger partial charge in [-0.15, -0.1) is 0 Å². The van der Waals surface area contributed by atoms with Crippen molar-refractivity contribution in [3.05, 3.63) is 54.9 Å². The number of hydrogen-bond acceptors (Lipinski definition) is 6. The van der Waals surface area contributed by atoms with Gasteiger partial charge in [0, 0.05) is 54.6 Å². The van der Waals surface area contributed by atoms with Crippen LogP contribution in [0.2, 0.25) is 0 Å². The highest BCUT2D eigenvalue weighted by molar-refractivity contribution is 7.89. The molecular weight excluding hydrogens is 466 g/mol. The first-order valence-corrected chi connectivity index (χ1v) is 13.1. The van der Waals surface area contributed by atoms with E-state index in [0.29, 0.717) is 11.4 Å². The number of nitrogens with zero attached hydrogens (tertiary/aromatic N) is 2. The fourth-order valence-electron chi connectivity index (χ4n) is 4.21. The van der Waals surface area contributed by atoms with Gasteiger partial charge in [0.1, 0.15) is 0 Å². The highest BCUT2D eigenvalue weighted by Gasteiger charge is 2.23. The molecule has 1 aliphatic rings. The predicted octanol–water partition coefficient (Wildman–Crippen LogP) is 3.49. The average molecular weight is 496 g/mol. The van der Waals surface area contributed by atoms with E-state index in [1.807, 2.05) is 18.2 Å². The largest absolute Gasteiger partial charge is 0.371 e. The average Bonchev–Trinajstić information content (AvgIpc) is 2.84. The Labute approximate surface area is 205 Å². The van der Waals surface area contributed by atoms with Gasteiger partial charge in [-0.2, -0.15) is 4.72 Å². The standard InChI is InChI=1S/C25H29N5O4S/c1-17(29-35(33,34)20-8-6-19(7-9-20)27-18(2)31)25(32)28-23-10-11-24(30-14-4-3-5-15-30)21-12-13-26-16-22(21)23/h6-13,16-17,29H,3-5,14-15H2,1-2H3,(H,27,31)(H,28,32)/t17-/m0/s1. The molecule has 0 unspecified atom stereocenters. The third kappa shape index (κ3) is 5.77. The van der Waals surface area contributed by atoms with Crippen molar-refractivity contribution in [3.8, 4) is 0 Å². The van der Waals surface area contributed by atoms with Crippen LogP contribution in [-0.2, 0) is 19.6 Å². The number of anilines is 3. The molecule has 3 N–H and O–H groups in total. The fraction of sp³-hybridized carbons (Fsp3) is 0.320. The second-order valence-corrected chi connectivity index (χ2v) is 10.4. The summed E-state index contributed by atoms with van der Waals surface area (Å²) in [6.45, 7) is 4.84. The van der Waals surface area contributed by atoms with Crippen LogP contribution in [0.3, 0.4) is 0 Å². The Morgan fingerprint density at radius 2 is 1.66 bits per heavy atom. The number of pyridine rings is 1. The van der Waals surface area contributed by atoms with Crippen molar-refractivity contribution in [2.24, 2.45) is 0 Å². The summed E-state index contributed by atoms with van der Waals surface area (Å²) in [6.07, 6.45) is 6.98. The van der Waals surface area contributed by atoms with Crippen LogP contribution in [0.15, 0.2) is 59.8 Å². The zero-order valence-electron chi connectivity index (χ0n) is 19.7. The first kappa shape index (κ1) is 24.6. The highest BCUT2D eigenvalue weighted by atomic mass is 32.2. The van der Waals surface area contributed by atoms with Crippen LogP contribution in [0.1, 0.15) is 33.1 Å². The molecular formula is C25H29N5O4S. The van der Waals surface area contributed by atoms with Crippen molar-refractivity contribution < 1.29 is 18.0 Å². The highest BCUT2D eigenvalue weighted by Crippen LogP contribution is 2.33. The maximum Gasteiger partial charge on any atom is 0.242 e. The van der Waals surface area contributed by atoms with Crippen LogP contribution >= 0.6 is 0 Å². The minimum Gasteiger partial charge on any atom is -0.371 e. The number of carbonyl (C=O) groups excluding carboxylic acids is 2. The Kier molecular flexibility index (Phi) is 7.32. The maximum absolute atomic E-state index is 12.9. The minimum atomic E-state index is -3.95.